The summed E-state index contributed by atoms with van der Waals surface area (Å²) in [6, 6.07) is 7.03. The third-order valence-corrected chi connectivity index (χ3v) is 1.89. The maximum absolute atomic E-state index is 8.93. The molecule has 0 bridgehead atoms. The van der Waals surface area contributed by atoms with E-state index in [2.05, 4.69) is 5.32 Å². The van der Waals surface area contributed by atoms with Crippen molar-refractivity contribution in [3.63, 3.8) is 0 Å². The summed E-state index contributed by atoms with van der Waals surface area (Å²) in [6.45, 7) is 1.44. The fraction of sp³-hybridized carbons (Fsp3) is 0.333. The first-order valence-electron chi connectivity index (χ1n) is 4.64. The van der Waals surface area contributed by atoms with Gasteiger partial charge in [0.05, 0.1) is 0 Å². The Bertz CT molecular complexity index is 281. The third kappa shape index (κ3) is 3.37. The molecule has 5 heteroatoms. The lowest BCUT2D eigenvalue weighted by molar-refractivity contribution is 0.426. The zero-order valence-electron chi connectivity index (χ0n) is 7.98. The van der Waals surface area contributed by atoms with Gasteiger partial charge in [0.25, 0.3) is 0 Å². The summed E-state index contributed by atoms with van der Waals surface area (Å²) in [4.78, 5) is 0. The second-order valence-electron chi connectivity index (χ2n) is 3.07. The average Bonchev–Trinajstić information content (AvgIpc) is 2.19. The summed E-state index contributed by atoms with van der Waals surface area (Å²) in [6.07, 6.45) is 0.895. The van der Waals surface area contributed by atoms with E-state index in [0.717, 1.165) is 18.7 Å². The number of nitrogens with one attached hydrogen (secondary N) is 1. The molecule has 0 unspecified atom stereocenters. The molecule has 5 N–H and O–H groups in total. The number of anilines is 1. The lowest BCUT2D eigenvalue weighted by Gasteiger charge is -2.07. The van der Waals surface area contributed by atoms with E-state index in [1.54, 1.807) is 18.2 Å². The van der Waals surface area contributed by atoms with Crippen LogP contribution in [0.25, 0.3) is 0 Å². The minimum atomic E-state index is -1.41. The van der Waals surface area contributed by atoms with Gasteiger partial charge in [0, 0.05) is 12.2 Å². The number of benzene rings is 1. The smallest absolute Gasteiger partial charge is 0.423 e. The van der Waals surface area contributed by atoms with Crippen molar-refractivity contribution in [2.45, 2.75) is 6.42 Å². The lowest BCUT2D eigenvalue weighted by Crippen LogP contribution is -2.29. The fourth-order valence-corrected chi connectivity index (χ4v) is 1.14. The van der Waals surface area contributed by atoms with E-state index in [1.165, 1.54) is 0 Å². The molecule has 0 heterocycles. The van der Waals surface area contributed by atoms with Crippen LogP contribution in [0, 0.1) is 0 Å². The van der Waals surface area contributed by atoms with Crippen molar-refractivity contribution in [1.29, 1.82) is 0 Å². The molecule has 76 valence electrons. The minimum absolute atomic E-state index is 0.489. The largest absolute Gasteiger partial charge is 0.488 e. The first-order chi connectivity index (χ1) is 6.74. The van der Waals surface area contributed by atoms with E-state index in [4.69, 9.17) is 15.8 Å². The Kier molecular flexibility index (Phi) is 4.45. The molecule has 0 spiro atoms. The van der Waals surface area contributed by atoms with Crippen LogP contribution < -0.4 is 16.5 Å². The van der Waals surface area contributed by atoms with Crippen molar-refractivity contribution >= 4 is 18.3 Å². The van der Waals surface area contributed by atoms with Gasteiger partial charge in [-0.2, -0.15) is 0 Å². The van der Waals surface area contributed by atoms with Crippen LogP contribution in [0.4, 0.5) is 5.69 Å². The Balaban J connectivity index is 2.55. The van der Waals surface area contributed by atoms with Gasteiger partial charge in [-0.3, -0.25) is 0 Å². The van der Waals surface area contributed by atoms with Crippen LogP contribution in [0.3, 0.4) is 0 Å². The average molecular weight is 194 g/mol. The fourth-order valence-electron chi connectivity index (χ4n) is 1.14. The molecule has 0 saturated heterocycles. The number of rotatable bonds is 5. The molecule has 4 nitrogen and oxygen atoms in total. The van der Waals surface area contributed by atoms with Gasteiger partial charge in [-0.15, -0.1) is 0 Å². The highest BCUT2D eigenvalue weighted by molar-refractivity contribution is 6.58. The molecule has 0 saturated carbocycles. The van der Waals surface area contributed by atoms with Crippen molar-refractivity contribution in [3.8, 4) is 0 Å². The first kappa shape index (κ1) is 11.0. The molecule has 0 aromatic heterocycles. The van der Waals surface area contributed by atoms with Gasteiger partial charge >= 0.3 is 7.12 Å². The summed E-state index contributed by atoms with van der Waals surface area (Å²) in [5.74, 6) is 0. The molecule has 1 rings (SSSR count). The highest BCUT2D eigenvalue weighted by atomic mass is 16.4. The van der Waals surface area contributed by atoms with Crippen LogP contribution in [0.1, 0.15) is 6.42 Å². The summed E-state index contributed by atoms with van der Waals surface area (Å²) in [5, 5.41) is 21.0. The van der Waals surface area contributed by atoms with Gasteiger partial charge in [0.15, 0.2) is 0 Å². The first-order valence-corrected chi connectivity index (χ1v) is 4.64. The van der Waals surface area contributed by atoms with E-state index in [0.29, 0.717) is 12.0 Å². The van der Waals surface area contributed by atoms with Gasteiger partial charge in [-0.05, 0) is 30.6 Å². The standard InChI is InChI=1S/C9H15BN2O2/c11-5-2-6-12-9-4-1-3-8(7-9)10(13)14/h1,3-4,7,12-14H,2,5-6,11H2. The van der Waals surface area contributed by atoms with E-state index in [1.807, 2.05) is 6.07 Å². The zero-order valence-corrected chi connectivity index (χ0v) is 7.98. The molecule has 14 heavy (non-hydrogen) atoms. The number of hydrogen-bond acceptors (Lipinski definition) is 4. The predicted molar refractivity (Wildman–Crippen MR) is 58.4 cm³/mol. The predicted octanol–water partition coefficient (Wildman–Crippen LogP) is -0.873. The molecule has 0 aliphatic rings. The molecule has 0 aliphatic carbocycles. The van der Waals surface area contributed by atoms with Gasteiger partial charge < -0.3 is 21.1 Å². The van der Waals surface area contributed by atoms with Gasteiger partial charge in [-0.25, -0.2) is 0 Å². The van der Waals surface area contributed by atoms with Crippen LogP contribution in [-0.2, 0) is 0 Å². The van der Waals surface area contributed by atoms with E-state index in [-0.39, 0.29) is 0 Å². The third-order valence-electron chi connectivity index (χ3n) is 1.89. The SMILES string of the molecule is NCCCNc1cccc(B(O)O)c1. The summed E-state index contributed by atoms with van der Waals surface area (Å²) in [7, 11) is -1.41. The maximum atomic E-state index is 8.93. The van der Waals surface area contributed by atoms with Crippen molar-refractivity contribution in [2.75, 3.05) is 18.4 Å². The molecule has 0 aliphatic heterocycles. The Morgan fingerprint density at radius 2 is 2.14 bits per heavy atom. The van der Waals surface area contributed by atoms with Crippen LogP contribution in [0.5, 0.6) is 0 Å². The Morgan fingerprint density at radius 1 is 1.36 bits per heavy atom. The van der Waals surface area contributed by atoms with Crippen molar-refractivity contribution < 1.29 is 10.0 Å². The van der Waals surface area contributed by atoms with Crippen molar-refractivity contribution in [1.82, 2.24) is 0 Å². The molecule has 1 aromatic rings. The molecule has 0 amide bonds. The van der Waals surface area contributed by atoms with Gasteiger partial charge in [0.2, 0.25) is 0 Å². The Labute approximate surface area is 83.9 Å². The molecular formula is C9H15BN2O2. The van der Waals surface area contributed by atoms with E-state index < -0.39 is 7.12 Å². The summed E-state index contributed by atoms with van der Waals surface area (Å²) < 4.78 is 0. The van der Waals surface area contributed by atoms with Crippen LogP contribution in [0.2, 0.25) is 0 Å². The number of nitrogens with two attached hydrogens (primary N) is 1. The lowest BCUT2D eigenvalue weighted by atomic mass is 9.80. The van der Waals surface area contributed by atoms with Crippen molar-refractivity contribution in [2.24, 2.45) is 5.73 Å². The van der Waals surface area contributed by atoms with Gasteiger partial charge in [0.1, 0.15) is 0 Å². The molecule has 0 fully saturated rings. The topological polar surface area (TPSA) is 78.5 Å². The highest BCUT2D eigenvalue weighted by Crippen LogP contribution is 2.03. The van der Waals surface area contributed by atoms with Crippen LogP contribution >= 0.6 is 0 Å². The Hall–Kier alpha value is -1.04. The number of hydrogen-bond donors (Lipinski definition) is 4. The minimum Gasteiger partial charge on any atom is -0.423 e. The zero-order chi connectivity index (χ0) is 10.4. The van der Waals surface area contributed by atoms with Crippen molar-refractivity contribution in [3.05, 3.63) is 24.3 Å². The van der Waals surface area contributed by atoms with E-state index in [9.17, 15) is 0 Å². The molecule has 0 atom stereocenters. The monoisotopic (exact) mass is 194 g/mol. The Morgan fingerprint density at radius 3 is 2.79 bits per heavy atom. The van der Waals surface area contributed by atoms with Crippen LogP contribution in [-0.4, -0.2) is 30.3 Å². The highest BCUT2D eigenvalue weighted by Gasteiger charge is 2.10. The second kappa shape index (κ2) is 5.64. The summed E-state index contributed by atoms with van der Waals surface area (Å²) in [5.41, 5.74) is 6.72. The second-order valence-corrected chi connectivity index (χ2v) is 3.07. The van der Waals surface area contributed by atoms with Gasteiger partial charge in [-0.1, -0.05) is 12.1 Å². The molecular weight excluding hydrogens is 179 g/mol. The summed E-state index contributed by atoms with van der Waals surface area (Å²) >= 11 is 0. The molecule has 0 radical (unpaired) electrons. The normalized spacial score (nSPS) is 9.93. The van der Waals surface area contributed by atoms with Crippen LogP contribution in [0.15, 0.2) is 24.3 Å². The van der Waals surface area contributed by atoms with E-state index >= 15 is 0 Å². The quantitative estimate of drug-likeness (QED) is 0.363. The maximum Gasteiger partial charge on any atom is 0.488 e. The molecule has 1 aromatic carbocycles.